The molecule has 1 aliphatic heterocycles. The smallest absolute Gasteiger partial charge is 0.0677 e. The van der Waals surface area contributed by atoms with Crippen LogP contribution in [0.4, 0.5) is 0 Å². The largest absolute Gasteiger partial charge is 0.401 e. The molecule has 2 atom stereocenters. The van der Waals surface area contributed by atoms with Crippen molar-refractivity contribution >= 4 is 0 Å². The van der Waals surface area contributed by atoms with Gasteiger partial charge in [0.25, 0.3) is 0 Å². The first-order chi connectivity index (χ1) is 6.95. The van der Waals surface area contributed by atoms with Crippen molar-refractivity contribution in [2.45, 2.75) is 39.7 Å². The van der Waals surface area contributed by atoms with E-state index >= 15 is 0 Å². The maximum atomic E-state index is 5.82. The summed E-state index contributed by atoms with van der Waals surface area (Å²) in [5, 5.41) is 0. The molecule has 2 nitrogen and oxygen atoms in total. The number of nitrogens with zero attached hydrogens (tertiary/aromatic N) is 1. The molecule has 2 heteroatoms. The third-order valence-electron chi connectivity index (χ3n) is 3.58. The molecule has 1 heterocycles. The molecule has 1 fully saturated rings. The monoisotopic (exact) mass is 210 g/mol. The third-order valence-corrected chi connectivity index (χ3v) is 3.58. The highest BCUT2D eigenvalue weighted by atomic mass is 15.2. The summed E-state index contributed by atoms with van der Waals surface area (Å²) in [6.45, 7) is 15.9. The summed E-state index contributed by atoms with van der Waals surface area (Å²) >= 11 is 0. The van der Waals surface area contributed by atoms with Crippen LogP contribution in [0.3, 0.4) is 0 Å². The second-order valence-corrected chi connectivity index (χ2v) is 4.95. The van der Waals surface area contributed by atoms with E-state index in [1.165, 1.54) is 12.1 Å². The minimum atomic E-state index is 0. The second kappa shape index (κ2) is 4.73. The average Bonchev–Trinajstić information content (AvgIpc) is 2.63. The van der Waals surface area contributed by atoms with Gasteiger partial charge in [-0.3, -0.25) is 0 Å². The summed E-state index contributed by atoms with van der Waals surface area (Å²) in [6.07, 6.45) is 2.32. The van der Waals surface area contributed by atoms with Crippen molar-refractivity contribution in [2.24, 2.45) is 17.6 Å². The van der Waals surface area contributed by atoms with Crippen LogP contribution in [0.1, 0.15) is 35.0 Å². The Morgan fingerprint density at radius 3 is 2.47 bits per heavy atom. The topological polar surface area (TPSA) is 29.3 Å². The molecule has 2 N–H and O–H groups in total. The molecule has 1 aliphatic rings. The number of rotatable bonds is 4. The van der Waals surface area contributed by atoms with Gasteiger partial charge in [-0.05, 0) is 24.7 Å². The summed E-state index contributed by atoms with van der Waals surface area (Å²) < 4.78 is 0. The highest BCUT2D eigenvalue weighted by Gasteiger charge is 2.29. The molecule has 0 spiro atoms. The Hall–Kier alpha value is -0.920. The second-order valence-electron chi connectivity index (χ2n) is 4.95. The van der Waals surface area contributed by atoms with Crippen LogP contribution < -0.4 is 5.73 Å². The van der Waals surface area contributed by atoms with Crippen LogP contribution in [0.15, 0.2) is 24.6 Å². The summed E-state index contributed by atoms with van der Waals surface area (Å²) in [5.74, 6) is 1.15. The van der Waals surface area contributed by atoms with Crippen LogP contribution in [0.5, 0.6) is 0 Å². The number of likely N-dealkylation sites (tertiary alicyclic amines) is 1. The fourth-order valence-corrected chi connectivity index (χ4v) is 2.14. The SMILES string of the molecule is C=C(N)C1CCCN1C(=C)C(C)C(C)C.[HH]. The van der Waals surface area contributed by atoms with Gasteiger partial charge in [-0.2, -0.15) is 0 Å². The van der Waals surface area contributed by atoms with E-state index in [9.17, 15) is 0 Å². The molecule has 0 aliphatic carbocycles. The zero-order chi connectivity index (χ0) is 11.6. The van der Waals surface area contributed by atoms with Gasteiger partial charge in [0.1, 0.15) is 0 Å². The van der Waals surface area contributed by atoms with Crippen molar-refractivity contribution in [2.75, 3.05) is 6.54 Å². The molecular weight excluding hydrogens is 184 g/mol. The molecule has 2 unspecified atom stereocenters. The van der Waals surface area contributed by atoms with Crippen LogP contribution in [0.2, 0.25) is 0 Å². The fourth-order valence-electron chi connectivity index (χ4n) is 2.14. The lowest BCUT2D eigenvalue weighted by Crippen LogP contribution is -2.35. The zero-order valence-corrected chi connectivity index (χ0v) is 10.3. The van der Waals surface area contributed by atoms with Crippen LogP contribution in [0, 0.1) is 11.8 Å². The van der Waals surface area contributed by atoms with E-state index in [2.05, 4.69) is 38.8 Å². The number of nitrogens with two attached hydrogens (primary N) is 1. The first-order valence-corrected chi connectivity index (χ1v) is 5.84. The summed E-state index contributed by atoms with van der Waals surface area (Å²) in [5.41, 5.74) is 7.83. The Labute approximate surface area is 95.3 Å². The molecule has 0 bridgehead atoms. The lowest BCUT2D eigenvalue weighted by molar-refractivity contribution is 0.287. The Kier molecular flexibility index (Phi) is 3.83. The van der Waals surface area contributed by atoms with E-state index in [1.54, 1.807) is 0 Å². The number of hydrogen-bond donors (Lipinski definition) is 1. The molecule has 0 radical (unpaired) electrons. The van der Waals surface area contributed by atoms with Gasteiger partial charge in [0.15, 0.2) is 0 Å². The van der Waals surface area contributed by atoms with E-state index < -0.39 is 0 Å². The van der Waals surface area contributed by atoms with Crippen molar-refractivity contribution in [1.29, 1.82) is 0 Å². The van der Waals surface area contributed by atoms with Gasteiger partial charge >= 0.3 is 0 Å². The molecule has 1 rings (SSSR count). The van der Waals surface area contributed by atoms with E-state index in [4.69, 9.17) is 5.73 Å². The molecule has 0 aromatic heterocycles. The highest BCUT2D eigenvalue weighted by Crippen LogP contribution is 2.30. The molecule has 0 aromatic rings. The normalized spacial score (nSPS) is 23.2. The van der Waals surface area contributed by atoms with Gasteiger partial charge in [0.2, 0.25) is 0 Å². The van der Waals surface area contributed by atoms with Crippen molar-refractivity contribution in [1.82, 2.24) is 4.90 Å². The first kappa shape index (κ1) is 12.2. The van der Waals surface area contributed by atoms with Crippen molar-refractivity contribution in [3.63, 3.8) is 0 Å². The van der Waals surface area contributed by atoms with Crippen LogP contribution in [-0.2, 0) is 0 Å². The van der Waals surface area contributed by atoms with Crippen LogP contribution in [-0.4, -0.2) is 17.5 Å². The lowest BCUT2D eigenvalue weighted by Gasteiger charge is -2.33. The number of hydrogen-bond acceptors (Lipinski definition) is 2. The minimum Gasteiger partial charge on any atom is -0.401 e. The standard InChI is InChI=1S/C13H24N2.H2/c1-9(2)10(3)12(5)15-8-6-7-13(15)11(4)14;/h9-10,13H,4-8,14H2,1-3H3;1H. The summed E-state index contributed by atoms with van der Waals surface area (Å²) in [6, 6.07) is 0.318. The van der Waals surface area contributed by atoms with E-state index in [0.29, 0.717) is 17.9 Å². The Balaban J connectivity index is 0.00000225. The first-order valence-electron chi connectivity index (χ1n) is 5.84. The summed E-state index contributed by atoms with van der Waals surface area (Å²) in [7, 11) is 0. The average molecular weight is 210 g/mol. The van der Waals surface area contributed by atoms with Crippen LogP contribution >= 0.6 is 0 Å². The predicted molar refractivity (Wildman–Crippen MR) is 68.3 cm³/mol. The van der Waals surface area contributed by atoms with Crippen molar-refractivity contribution in [3.05, 3.63) is 24.6 Å². The van der Waals surface area contributed by atoms with Crippen molar-refractivity contribution < 1.29 is 1.43 Å². The molecule has 0 aromatic carbocycles. The summed E-state index contributed by atoms with van der Waals surface area (Å²) in [4.78, 5) is 2.34. The molecule has 0 amide bonds. The molecular formula is C13H26N2. The van der Waals surface area contributed by atoms with Gasteiger partial charge in [0.05, 0.1) is 6.04 Å². The van der Waals surface area contributed by atoms with Gasteiger partial charge in [-0.15, -0.1) is 0 Å². The number of allylic oxidation sites excluding steroid dienone is 1. The predicted octanol–water partition coefficient (Wildman–Crippen LogP) is 2.98. The minimum absolute atomic E-state index is 0. The maximum Gasteiger partial charge on any atom is 0.0677 e. The van der Waals surface area contributed by atoms with E-state index in [0.717, 1.165) is 18.7 Å². The van der Waals surface area contributed by atoms with E-state index in [-0.39, 0.29) is 1.43 Å². The Morgan fingerprint density at radius 1 is 1.40 bits per heavy atom. The van der Waals surface area contributed by atoms with Gasteiger partial charge in [0, 0.05) is 19.4 Å². The highest BCUT2D eigenvalue weighted by molar-refractivity contribution is 5.12. The Bertz CT molecular complexity index is 261. The quantitative estimate of drug-likeness (QED) is 0.773. The Morgan fingerprint density at radius 2 is 2.00 bits per heavy atom. The third kappa shape index (κ3) is 2.55. The van der Waals surface area contributed by atoms with Gasteiger partial charge in [-0.25, -0.2) is 0 Å². The molecule has 0 saturated carbocycles. The molecule has 15 heavy (non-hydrogen) atoms. The lowest BCUT2D eigenvalue weighted by atomic mass is 9.94. The molecule has 88 valence electrons. The van der Waals surface area contributed by atoms with Crippen LogP contribution in [0.25, 0.3) is 0 Å². The maximum absolute atomic E-state index is 5.82. The zero-order valence-electron chi connectivity index (χ0n) is 10.3. The van der Waals surface area contributed by atoms with Gasteiger partial charge < -0.3 is 10.6 Å². The van der Waals surface area contributed by atoms with Crippen molar-refractivity contribution in [3.8, 4) is 0 Å². The van der Waals surface area contributed by atoms with Gasteiger partial charge in [-0.1, -0.05) is 33.9 Å². The fraction of sp³-hybridized carbons (Fsp3) is 0.692. The van der Waals surface area contributed by atoms with E-state index in [1.807, 2.05) is 0 Å². The molecule has 1 saturated heterocycles.